The quantitative estimate of drug-likeness (QED) is 0.908. The summed E-state index contributed by atoms with van der Waals surface area (Å²) >= 11 is 0. The third kappa shape index (κ3) is 3.74. The molecule has 0 aromatic heterocycles. The van der Waals surface area contributed by atoms with Crippen molar-refractivity contribution < 1.29 is 13.9 Å². The molecule has 1 fully saturated rings. The summed E-state index contributed by atoms with van der Waals surface area (Å²) < 4.78 is 26.1. The molecule has 1 aliphatic heterocycles. The van der Waals surface area contributed by atoms with Crippen LogP contribution in [0, 0.1) is 23.5 Å². The van der Waals surface area contributed by atoms with E-state index in [-0.39, 0.29) is 0 Å². The first-order valence-corrected chi connectivity index (χ1v) is 6.82. The molecule has 2 nitrogen and oxygen atoms in total. The van der Waals surface area contributed by atoms with Crippen LogP contribution in [0.1, 0.15) is 31.9 Å². The number of likely N-dealkylation sites (tertiary alicyclic amines) is 1. The highest BCUT2D eigenvalue weighted by atomic mass is 19.1. The summed E-state index contributed by atoms with van der Waals surface area (Å²) in [6.45, 7) is 7.27. The molecule has 106 valence electrons. The van der Waals surface area contributed by atoms with Crippen molar-refractivity contribution >= 4 is 0 Å². The van der Waals surface area contributed by atoms with Gasteiger partial charge in [-0.05, 0) is 36.0 Å². The van der Waals surface area contributed by atoms with Crippen LogP contribution in [-0.4, -0.2) is 29.6 Å². The lowest BCUT2D eigenvalue weighted by atomic mass is 10.0. The van der Waals surface area contributed by atoms with E-state index in [0.29, 0.717) is 23.8 Å². The van der Waals surface area contributed by atoms with Crippen LogP contribution in [0.15, 0.2) is 18.2 Å². The van der Waals surface area contributed by atoms with Gasteiger partial charge in [-0.25, -0.2) is 8.78 Å². The Hall–Kier alpha value is -1.00. The topological polar surface area (TPSA) is 23.5 Å². The molecule has 0 aliphatic carbocycles. The maximum absolute atomic E-state index is 13.1. The fraction of sp³-hybridized carbons (Fsp3) is 0.600. The van der Waals surface area contributed by atoms with Gasteiger partial charge < -0.3 is 10.0 Å². The molecule has 3 unspecified atom stereocenters. The Morgan fingerprint density at radius 1 is 1.16 bits per heavy atom. The van der Waals surface area contributed by atoms with Gasteiger partial charge >= 0.3 is 0 Å². The average molecular weight is 269 g/mol. The highest BCUT2D eigenvalue weighted by molar-refractivity contribution is 5.20. The molecular weight excluding hydrogens is 248 g/mol. The first-order valence-electron chi connectivity index (χ1n) is 6.82. The van der Waals surface area contributed by atoms with Crippen molar-refractivity contribution in [3.63, 3.8) is 0 Å². The second kappa shape index (κ2) is 5.97. The summed E-state index contributed by atoms with van der Waals surface area (Å²) in [4.78, 5) is 2.30. The zero-order valence-corrected chi connectivity index (χ0v) is 11.4. The van der Waals surface area contributed by atoms with Gasteiger partial charge in [0.15, 0.2) is 0 Å². The molecule has 2 rings (SSSR count). The third-order valence-corrected chi connectivity index (χ3v) is 4.05. The van der Waals surface area contributed by atoms with Crippen molar-refractivity contribution in [2.24, 2.45) is 11.8 Å². The molecular formula is C15H21F2NO. The van der Waals surface area contributed by atoms with E-state index < -0.39 is 17.7 Å². The van der Waals surface area contributed by atoms with Crippen LogP contribution in [0.3, 0.4) is 0 Å². The highest BCUT2D eigenvalue weighted by Gasteiger charge is 2.26. The van der Waals surface area contributed by atoms with E-state index in [9.17, 15) is 13.9 Å². The molecule has 1 aromatic carbocycles. The van der Waals surface area contributed by atoms with E-state index in [1.807, 2.05) is 0 Å². The maximum Gasteiger partial charge on any atom is 0.126 e. The van der Waals surface area contributed by atoms with Crippen LogP contribution in [-0.2, 0) is 0 Å². The van der Waals surface area contributed by atoms with Crippen LogP contribution in [0.2, 0.25) is 0 Å². The number of hydrogen-bond acceptors (Lipinski definition) is 2. The Morgan fingerprint density at radius 2 is 1.68 bits per heavy atom. The highest BCUT2D eigenvalue weighted by Crippen LogP contribution is 2.24. The van der Waals surface area contributed by atoms with Gasteiger partial charge in [0.2, 0.25) is 0 Å². The largest absolute Gasteiger partial charge is 0.388 e. The van der Waals surface area contributed by atoms with Crippen molar-refractivity contribution in [2.45, 2.75) is 26.4 Å². The lowest BCUT2D eigenvalue weighted by molar-refractivity contribution is 0.147. The number of aliphatic hydroxyl groups is 1. The molecule has 1 aromatic rings. The summed E-state index contributed by atoms with van der Waals surface area (Å²) in [5.74, 6) is 0.0578. The van der Waals surface area contributed by atoms with Crippen molar-refractivity contribution in [3.8, 4) is 0 Å². The minimum atomic E-state index is -0.809. The zero-order valence-electron chi connectivity index (χ0n) is 11.4. The van der Waals surface area contributed by atoms with Crippen LogP contribution in [0.5, 0.6) is 0 Å². The SMILES string of the molecule is CC1CN(CCC(O)c2cc(F)cc(F)c2)CC1C. The fourth-order valence-corrected chi connectivity index (χ4v) is 2.67. The van der Waals surface area contributed by atoms with Crippen LogP contribution < -0.4 is 0 Å². The van der Waals surface area contributed by atoms with Gasteiger partial charge in [-0.3, -0.25) is 0 Å². The van der Waals surface area contributed by atoms with E-state index in [1.54, 1.807) is 0 Å². The first kappa shape index (κ1) is 14.4. The minimum absolute atomic E-state index is 0.317. The Labute approximate surface area is 113 Å². The summed E-state index contributed by atoms with van der Waals surface area (Å²) in [5, 5.41) is 10.0. The molecule has 19 heavy (non-hydrogen) atoms. The van der Waals surface area contributed by atoms with Gasteiger partial charge in [0.05, 0.1) is 6.10 Å². The van der Waals surface area contributed by atoms with E-state index in [4.69, 9.17) is 0 Å². The van der Waals surface area contributed by atoms with Gasteiger partial charge in [-0.15, -0.1) is 0 Å². The summed E-state index contributed by atoms with van der Waals surface area (Å²) in [7, 11) is 0. The van der Waals surface area contributed by atoms with Gasteiger partial charge in [-0.2, -0.15) is 0 Å². The number of halogens is 2. The third-order valence-electron chi connectivity index (χ3n) is 4.05. The molecule has 1 aliphatic rings. The summed E-state index contributed by atoms with van der Waals surface area (Å²) in [5.41, 5.74) is 0.317. The number of hydrogen-bond donors (Lipinski definition) is 1. The smallest absolute Gasteiger partial charge is 0.126 e. The Balaban J connectivity index is 1.89. The van der Waals surface area contributed by atoms with E-state index in [0.717, 1.165) is 25.7 Å². The van der Waals surface area contributed by atoms with Crippen molar-refractivity contribution in [2.75, 3.05) is 19.6 Å². The van der Waals surface area contributed by atoms with Crippen molar-refractivity contribution in [1.82, 2.24) is 4.90 Å². The van der Waals surface area contributed by atoms with E-state index >= 15 is 0 Å². The van der Waals surface area contributed by atoms with Crippen LogP contribution >= 0.6 is 0 Å². The molecule has 0 amide bonds. The van der Waals surface area contributed by atoms with Crippen LogP contribution in [0.4, 0.5) is 8.78 Å². The monoisotopic (exact) mass is 269 g/mol. The molecule has 0 radical (unpaired) electrons. The predicted octanol–water partition coefficient (Wildman–Crippen LogP) is 2.98. The van der Waals surface area contributed by atoms with Crippen molar-refractivity contribution in [3.05, 3.63) is 35.4 Å². The molecule has 1 N–H and O–H groups in total. The number of rotatable bonds is 4. The molecule has 1 heterocycles. The van der Waals surface area contributed by atoms with E-state index in [1.165, 1.54) is 12.1 Å². The predicted molar refractivity (Wildman–Crippen MR) is 70.7 cm³/mol. The van der Waals surface area contributed by atoms with Gasteiger partial charge in [0, 0.05) is 25.7 Å². The Morgan fingerprint density at radius 3 is 2.21 bits per heavy atom. The van der Waals surface area contributed by atoms with Crippen molar-refractivity contribution in [1.29, 1.82) is 0 Å². The molecule has 1 saturated heterocycles. The van der Waals surface area contributed by atoms with E-state index in [2.05, 4.69) is 18.7 Å². The molecule has 0 bridgehead atoms. The Kier molecular flexibility index (Phi) is 4.53. The second-order valence-electron chi connectivity index (χ2n) is 5.72. The molecule has 0 spiro atoms. The summed E-state index contributed by atoms with van der Waals surface area (Å²) in [6, 6.07) is 3.21. The van der Waals surface area contributed by atoms with Gasteiger partial charge in [-0.1, -0.05) is 13.8 Å². The number of nitrogens with zero attached hydrogens (tertiary/aromatic N) is 1. The average Bonchev–Trinajstić information content (AvgIpc) is 2.64. The molecule has 3 atom stereocenters. The second-order valence-corrected chi connectivity index (χ2v) is 5.72. The van der Waals surface area contributed by atoms with Gasteiger partial charge in [0.25, 0.3) is 0 Å². The molecule has 0 saturated carbocycles. The van der Waals surface area contributed by atoms with Gasteiger partial charge in [0.1, 0.15) is 11.6 Å². The zero-order chi connectivity index (χ0) is 14.0. The first-order chi connectivity index (χ1) is 8.95. The Bertz CT molecular complexity index is 408. The minimum Gasteiger partial charge on any atom is -0.388 e. The fourth-order valence-electron chi connectivity index (χ4n) is 2.67. The lowest BCUT2D eigenvalue weighted by Crippen LogP contribution is -2.23. The number of benzene rings is 1. The number of aliphatic hydroxyl groups excluding tert-OH is 1. The summed E-state index contributed by atoms with van der Waals surface area (Å²) in [6.07, 6.45) is -0.307. The maximum atomic E-state index is 13.1. The lowest BCUT2D eigenvalue weighted by Gasteiger charge is -2.18. The standard InChI is InChI=1S/C15H21F2NO/c1-10-8-18(9-11(10)2)4-3-15(19)12-5-13(16)7-14(17)6-12/h5-7,10-11,15,19H,3-4,8-9H2,1-2H3. The normalized spacial score (nSPS) is 25.7. The van der Waals surface area contributed by atoms with Crippen LogP contribution in [0.25, 0.3) is 0 Å². The molecule has 4 heteroatoms.